The minimum atomic E-state index is -0.349. The summed E-state index contributed by atoms with van der Waals surface area (Å²) >= 11 is 1.53. The van der Waals surface area contributed by atoms with Crippen molar-refractivity contribution in [1.29, 1.82) is 0 Å². The molecule has 0 amide bonds. The Hall–Kier alpha value is -0.970. The molecular formula is C22H40O4S. The zero-order chi connectivity index (χ0) is 20.2. The summed E-state index contributed by atoms with van der Waals surface area (Å²) in [5.74, 6) is 0.714. The first-order chi connectivity index (χ1) is 13.1. The predicted octanol–water partition coefficient (Wildman–Crippen LogP) is 6.08. The van der Waals surface area contributed by atoms with Crippen molar-refractivity contribution in [3.8, 4) is 0 Å². The molecule has 0 atom stereocenters. The highest BCUT2D eigenvalue weighted by molar-refractivity contribution is 7.99. The van der Waals surface area contributed by atoms with Crippen LogP contribution in [-0.2, 0) is 19.1 Å². The second-order valence-electron chi connectivity index (χ2n) is 6.88. The maximum absolute atomic E-state index is 11.7. The lowest BCUT2D eigenvalue weighted by atomic mass is 10.1. The second-order valence-corrected chi connectivity index (χ2v) is 7.99. The van der Waals surface area contributed by atoms with Crippen LogP contribution in [0.1, 0.15) is 90.9 Å². The van der Waals surface area contributed by atoms with Gasteiger partial charge in [0.1, 0.15) is 6.61 Å². The van der Waals surface area contributed by atoms with Crippen molar-refractivity contribution in [1.82, 2.24) is 0 Å². The molecule has 27 heavy (non-hydrogen) atoms. The van der Waals surface area contributed by atoms with E-state index in [1.807, 2.05) is 0 Å². The van der Waals surface area contributed by atoms with E-state index in [4.69, 9.17) is 9.47 Å². The molecule has 0 heterocycles. The van der Waals surface area contributed by atoms with Crippen LogP contribution in [0.4, 0.5) is 0 Å². The first-order valence-corrected chi connectivity index (χ1v) is 11.9. The van der Waals surface area contributed by atoms with Crippen molar-refractivity contribution in [2.24, 2.45) is 0 Å². The lowest BCUT2D eigenvalue weighted by Crippen LogP contribution is -2.10. The Morgan fingerprint density at radius 3 is 1.93 bits per heavy atom. The molecule has 0 radical (unpaired) electrons. The van der Waals surface area contributed by atoms with E-state index in [1.54, 1.807) is 6.92 Å². The molecule has 158 valence electrons. The van der Waals surface area contributed by atoms with E-state index in [9.17, 15) is 9.59 Å². The largest absolute Gasteiger partial charge is 0.465 e. The normalized spacial score (nSPS) is 10.6. The van der Waals surface area contributed by atoms with Crippen molar-refractivity contribution in [3.05, 3.63) is 12.2 Å². The summed E-state index contributed by atoms with van der Waals surface area (Å²) in [4.78, 5) is 23.0. The minimum Gasteiger partial charge on any atom is -0.465 e. The number of carbonyl (C=O) groups is 2. The maximum atomic E-state index is 11.7. The third kappa shape index (κ3) is 18.2. The van der Waals surface area contributed by atoms with Crippen LogP contribution in [0, 0.1) is 0 Å². The fourth-order valence-electron chi connectivity index (χ4n) is 2.71. The molecule has 0 aromatic heterocycles. The molecule has 0 aliphatic rings. The quantitative estimate of drug-likeness (QED) is 0.149. The highest BCUT2D eigenvalue weighted by Crippen LogP contribution is 2.12. The standard InChI is InChI=1S/C22H40O4S/c1-4-6-7-8-9-10-11-12-13-14-15-16-21(23)26-17-18-27-19-20(3)22(24)25-5-2/h3-19H2,1-2H3. The molecule has 4 nitrogen and oxygen atoms in total. The van der Waals surface area contributed by atoms with Crippen molar-refractivity contribution in [2.45, 2.75) is 90.9 Å². The molecule has 0 aliphatic heterocycles. The van der Waals surface area contributed by atoms with E-state index in [1.165, 1.54) is 69.5 Å². The van der Waals surface area contributed by atoms with Crippen molar-refractivity contribution in [2.75, 3.05) is 24.7 Å². The topological polar surface area (TPSA) is 52.6 Å². The highest BCUT2D eigenvalue weighted by Gasteiger charge is 2.08. The van der Waals surface area contributed by atoms with E-state index < -0.39 is 0 Å². The van der Waals surface area contributed by atoms with Crippen LogP contribution in [0.5, 0.6) is 0 Å². The van der Waals surface area contributed by atoms with Crippen LogP contribution in [0.3, 0.4) is 0 Å². The number of carbonyl (C=O) groups excluding carboxylic acids is 2. The summed E-state index contributed by atoms with van der Waals surface area (Å²) in [6.07, 6.45) is 14.5. The Kier molecular flexibility index (Phi) is 19.1. The molecule has 0 N–H and O–H groups in total. The lowest BCUT2D eigenvalue weighted by molar-refractivity contribution is -0.143. The zero-order valence-electron chi connectivity index (χ0n) is 17.6. The average Bonchev–Trinajstić information content (AvgIpc) is 2.65. The van der Waals surface area contributed by atoms with Gasteiger partial charge in [-0.05, 0) is 13.3 Å². The first-order valence-electron chi connectivity index (χ1n) is 10.7. The Labute approximate surface area is 170 Å². The van der Waals surface area contributed by atoms with Crippen LogP contribution in [0.2, 0.25) is 0 Å². The van der Waals surface area contributed by atoms with Gasteiger partial charge in [0.25, 0.3) is 0 Å². The van der Waals surface area contributed by atoms with Crippen LogP contribution in [-0.4, -0.2) is 36.7 Å². The molecule has 0 fully saturated rings. The molecule has 0 aromatic carbocycles. The van der Waals surface area contributed by atoms with E-state index in [2.05, 4.69) is 13.5 Å². The van der Waals surface area contributed by atoms with Crippen LogP contribution >= 0.6 is 11.8 Å². The van der Waals surface area contributed by atoms with E-state index in [0.717, 1.165) is 12.8 Å². The van der Waals surface area contributed by atoms with E-state index in [0.29, 0.717) is 36.7 Å². The molecule has 0 rings (SSSR count). The number of unbranched alkanes of at least 4 members (excludes halogenated alkanes) is 10. The number of thioether (sulfide) groups is 1. The van der Waals surface area contributed by atoms with Gasteiger partial charge in [-0.15, -0.1) is 0 Å². The van der Waals surface area contributed by atoms with Crippen molar-refractivity contribution in [3.63, 3.8) is 0 Å². The van der Waals surface area contributed by atoms with Gasteiger partial charge in [-0.2, -0.15) is 11.8 Å². The third-order valence-electron chi connectivity index (χ3n) is 4.32. The van der Waals surface area contributed by atoms with Gasteiger partial charge in [0, 0.05) is 23.5 Å². The minimum absolute atomic E-state index is 0.115. The average molecular weight is 401 g/mol. The molecule has 0 spiro atoms. The molecule has 0 unspecified atom stereocenters. The second kappa shape index (κ2) is 19.8. The van der Waals surface area contributed by atoms with Gasteiger partial charge < -0.3 is 9.47 Å². The SMILES string of the molecule is C=C(CSCCOC(=O)CCCCCCCCCCCCC)C(=O)OCC. The summed E-state index contributed by atoms with van der Waals surface area (Å²) in [6, 6.07) is 0. The van der Waals surface area contributed by atoms with Gasteiger partial charge in [0.2, 0.25) is 0 Å². The fourth-order valence-corrected chi connectivity index (χ4v) is 3.42. The zero-order valence-corrected chi connectivity index (χ0v) is 18.4. The summed E-state index contributed by atoms with van der Waals surface area (Å²) in [6.45, 7) is 8.46. The van der Waals surface area contributed by atoms with Gasteiger partial charge in [0.05, 0.1) is 6.61 Å². The lowest BCUT2D eigenvalue weighted by Gasteiger charge is -2.06. The van der Waals surface area contributed by atoms with Gasteiger partial charge in [0.15, 0.2) is 0 Å². The summed E-state index contributed by atoms with van der Waals surface area (Å²) in [7, 11) is 0. The summed E-state index contributed by atoms with van der Waals surface area (Å²) in [5, 5.41) is 0. The Balaban J connectivity index is 3.33. The smallest absolute Gasteiger partial charge is 0.334 e. The molecule has 0 aromatic rings. The van der Waals surface area contributed by atoms with E-state index >= 15 is 0 Å². The van der Waals surface area contributed by atoms with Gasteiger partial charge >= 0.3 is 11.9 Å². The number of esters is 2. The molecular weight excluding hydrogens is 360 g/mol. The summed E-state index contributed by atoms with van der Waals surface area (Å²) in [5.41, 5.74) is 0.453. The number of hydrogen-bond donors (Lipinski definition) is 0. The van der Waals surface area contributed by atoms with E-state index in [-0.39, 0.29) is 11.9 Å². The monoisotopic (exact) mass is 400 g/mol. The maximum Gasteiger partial charge on any atom is 0.334 e. The van der Waals surface area contributed by atoms with Crippen LogP contribution in [0.25, 0.3) is 0 Å². The third-order valence-corrected chi connectivity index (χ3v) is 5.32. The first kappa shape index (κ1) is 26.0. The van der Waals surface area contributed by atoms with Crippen LogP contribution in [0.15, 0.2) is 12.2 Å². The van der Waals surface area contributed by atoms with Crippen LogP contribution < -0.4 is 0 Å². The molecule has 5 heteroatoms. The van der Waals surface area contributed by atoms with Gasteiger partial charge in [-0.3, -0.25) is 4.79 Å². The molecule has 0 bridgehead atoms. The predicted molar refractivity (Wildman–Crippen MR) is 115 cm³/mol. The Morgan fingerprint density at radius 1 is 0.815 bits per heavy atom. The molecule has 0 saturated carbocycles. The molecule has 0 saturated heterocycles. The molecule has 0 aliphatic carbocycles. The highest BCUT2D eigenvalue weighted by atomic mass is 32.2. The Morgan fingerprint density at radius 2 is 1.37 bits per heavy atom. The Bertz CT molecular complexity index is 396. The number of ether oxygens (including phenoxy) is 2. The van der Waals surface area contributed by atoms with Crippen molar-refractivity contribution < 1.29 is 19.1 Å². The number of hydrogen-bond acceptors (Lipinski definition) is 5. The van der Waals surface area contributed by atoms with Gasteiger partial charge in [-0.1, -0.05) is 77.7 Å². The summed E-state index contributed by atoms with van der Waals surface area (Å²) < 4.78 is 10.1. The fraction of sp³-hybridized carbons (Fsp3) is 0.818. The van der Waals surface area contributed by atoms with Crippen molar-refractivity contribution >= 4 is 23.7 Å². The van der Waals surface area contributed by atoms with Gasteiger partial charge in [-0.25, -0.2) is 4.79 Å². The number of rotatable bonds is 19.